The van der Waals surface area contributed by atoms with Gasteiger partial charge in [0.25, 0.3) is 0 Å². The summed E-state index contributed by atoms with van der Waals surface area (Å²) < 4.78 is 2.27. The first-order chi connectivity index (χ1) is 9.60. The SMILES string of the molecule is CCc1ccc(C(NC)c2cc(Br)c(Br)s2)cc1CC. The van der Waals surface area contributed by atoms with E-state index in [1.165, 1.54) is 21.6 Å². The summed E-state index contributed by atoms with van der Waals surface area (Å²) in [7, 11) is 2.02. The first kappa shape index (κ1) is 16.2. The van der Waals surface area contributed by atoms with E-state index in [2.05, 4.69) is 75.3 Å². The van der Waals surface area contributed by atoms with E-state index >= 15 is 0 Å². The molecule has 1 N–H and O–H groups in total. The van der Waals surface area contributed by atoms with Gasteiger partial charge in [-0.1, -0.05) is 32.0 Å². The minimum atomic E-state index is 0.249. The molecule has 2 aromatic rings. The molecule has 0 saturated carbocycles. The number of hydrogen-bond acceptors (Lipinski definition) is 2. The van der Waals surface area contributed by atoms with Crippen LogP contribution in [0.25, 0.3) is 0 Å². The molecule has 2 rings (SSSR count). The number of aryl methyl sites for hydroxylation is 2. The summed E-state index contributed by atoms with van der Waals surface area (Å²) in [6.07, 6.45) is 2.19. The zero-order valence-electron chi connectivity index (χ0n) is 12.0. The van der Waals surface area contributed by atoms with Crippen LogP contribution in [-0.4, -0.2) is 7.05 Å². The first-order valence-corrected chi connectivity index (χ1v) is 9.24. The molecule has 0 radical (unpaired) electrons. The highest BCUT2D eigenvalue weighted by Crippen LogP contribution is 2.37. The van der Waals surface area contributed by atoms with Crippen LogP contribution in [0.1, 0.15) is 41.5 Å². The van der Waals surface area contributed by atoms with E-state index in [-0.39, 0.29) is 6.04 Å². The fourth-order valence-electron chi connectivity index (χ4n) is 2.48. The number of halogens is 2. The van der Waals surface area contributed by atoms with Gasteiger partial charge in [-0.05, 0) is 74.5 Å². The van der Waals surface area contributed by atoms with Crippen molar-refractivity contribution >= 4 is 43.2 Å². The van der Waals surface area contributed by atoms with Crippen molar-refractivity contribution in [1.82, 2.24) is 5.32 Å². The zero-order chi connectivity index (χ0) is 14.7. The molecular formula is C16H19Br2NS. The maximum absolute atomic E-state index is 3.58. The number of benzene rings is 1. The average molecular weight is 417 g/mol. The maximum atomic E-state index is 3.58. The molecule has 20 heavy (non-hydrogen) atoms. The summed E-state index contributed by atoms with van der Waals surface area (Å²) >= 11 is 8.93. The van der Waals surface area contributed by atoms with E-state index in [0.29, 0.717) is 0 Å². The highest BCUT2D eigenvalue weighted by Gasteiger charge is 2.17. The van der Waals surface area contributed by atoms with Crippen LogP contribution < -0.4 is 5.32 Å². The van der Waals surface area contributed by atoms with Gasteiger partial charge >= 0.3 is 0 Å². The molecule has 0 amide bonds. The van der Waals surface area contributed by atoms with Crippen molar-refractivity contribution in [1.29, 1.82) is 0 Å². The molecule has 1 nitrogen and oxygen atoms in total. The van der Waals surface area contributed by atoms with Crippen molar-refractivity contribution in [2.45, 2.75) is 32.7 Å². The van der Waals surface area contributed by atoms with Gasteiger partial charge < -0.3 is 5.32 Å². The van der Waals surface area contributed by atoms with Gasteiger partial charge in [0.2, 0.25) is 0 Å². The van der Waals surface area contributed by atoms with E-state index in [9.17, 15) is 0 Å². The molecule has 1 atom stereocenters. The Hall–Kier alpha value is -0.160. The summed E-state index contributed by atoms with van der Waals surface area (Å²) in [6.45, 7) is 4.45. The normalized spacial score (nSPS) is 12.7. The third kappa shape index (κ3) is 3.35. The monoisotopic (exact) mass is 415 g/mol. The molecule has 1 heterocycles. The Morgan fingerprint density at radius 1 is 1.10 bits per heavy atom. The summed E-state index contributed by atoms with van der Waals surface area (Å²) in [5, 5.41) is 3.43. The molecule has 108 valence electrons. The van der Waals surface area contributed by atoms with Gasteiger partial charge in [-0.2, -0.15) is 0 Å². The lowest BCUT2D eigenvalue weighted by atomic mass is 9.96. The fourth-order valence-corrected chi connectivity index (χ4v) is 4.71. The molecule has 0 bridgehead atoms. The van der Waals surface area contributed by atoms with Gasteiger partial charge in [0.05, 0.1) is 9.83 Å². The fraction of sp³-hybridized carbons (Fsp3) is 0.375. The second kappa shape index (κ2) is 7.21. The van der Waals surface area contributed by atoms with E-state index in [4.69, 9.17) is 0 Å². The van der Waals surface area contributed by atoms with Crippen LogP contribution in [0.15, 0.2) is 32.5 Å². The zero-order valence-corrected chi connectivity index (χ0v) is 16.0. The van der Waals surface area contributed by atoms with Crippen LogP contribution in [0.3, 0.4) is 0 Å². The Kier molecular flexibility index (Phi) is 5.84. The van der Waals surface area contributed by atoms with Crippen LogP contribution in [-0.2, 0) is 12.8 Å². The van der Waals surface area contributed by atoms with Crippen LogP contribution in [0.4, 0.5) is 0 Å². The minimum absolute atomic E-state index is 0.249. The van der Waals surface area contributed by atoms with E-state index in [0.717, 1.165) is 21.1 Å². The predicted octanol–water partition coefficient (Wildman–Crippen LogP) is 5.71. The number of hydrogen-bond donors (Lipinski definition) is 1. The van der Waals surface area contributed by atoms with Crippen molar-refractivity contribution in [2.24, 2.45) is 0 Å². The first-order valence-electron chi connectivity index (χ1n) is 6.84. The van der Waals surface area contributed by atoms with Crippen LogP contribution >= 0.6 is 43.2 Å². The van der Waals surface area contributed by atoms with Gasteiger partial charge in [-0.15, -0.1) is 11.3 Å². The van der Waals surface area contributed by atoms with Crippen molar-refractivity contribution in [3.8, 4) is 0 Å². The van der Waals surface area contributed by atoms with E-state index in [1.54, 1.807) is 11.3 Å². The van der Waals surface area contributed by atoms with Gasteiger partial charge in [-0.3, -0.25) is 0 Å². The Labute approximate surface area is 142 Å². The van der Waals surface area contributed by atoms with E-state index in [1.807, 2.05) is 7.05 Å². The van der Waals surface area contributed by atoms with Crippen molar-refractivity contribution in [3.05, 3.63) is 54.1 Å². The molecule has 0 fully saturated rings. The summed E-state index contributed by atoms with van der Waals surface area (Å²) in [5.41, 5.74) is 4.25. The molecule has 0 saturated heterocycles. The molecule has 0 spiro atoms. The van der Waals surface area contributed by atoms with Crippen molar-refractivity contribution in [3.63, 3.8) is 0 Å². The number of rotatable bonds is 5. The molecule has 0 aliphatic rings. The minimum Gasteiger partial charge on any atom is -0.309 e. The Morgan fingerprint density at radius 2 is 1.80 bits per heavy atom. The molecule has 1 aromatic heterocycles. The smallest absolute Gasteiger partial charge is 0.0843 e. The molecule has 0 aliphatic heterocycles. The second-order valence-corrected chi connectivity index (χ2v) is 7.98. The summed E-state index contributed by atoms with van der Waals surface area (Å²) in [5.74, 6) is 0. The van der Waals surface area contributed by atoms with Crippen LogP contribution in [0.5, 0.6) is 0 Å². The largest absolute Gasteiger partial charge is 0.309 e. The Bertz CT molecular complexity index is 573. The quantitative estimate of drug-likeness (QED) is 0.658. The molecule has 0 aliphatic carbocycles. The second-order valence-electron chi connectivity index (χ2n) is 4.73. The predicted molar refractivity (Wildman–Crippen MR) is 95.8 cm³/mol. The standard InChI is InChI=1S/C16H19Br2NS/c1-4-10-6-7-12(8-11(10)5-2)15(19-3)14-9-13(17)16(18)20-14/h6-9,15,19H,4-5H2,1-3H3. The Morgan fingerprint density at radius 3 is 2.30 bits per heavy atom. The average Bonchev–Trinajstić information content (AvgIpc) is 2.79. The van der Waals surface area contributed by atoms with Gasteiger partial charge in [-0.25, -0.2) is 0 Å². The lowest BCUT2D eigenvalue weighted by Gasteiger charge is -2.17. The van der Waals surface area contributed by atoms with Crippen LogP contribution in [0, 0.1) is 0 Å². The molecular weight excluding hydrogens is 398 g/mol. The summed E-state index contributed by atoms with van der Waals surface area (Å²) in [4.78, 5) is 1.32. The highest BCUT2D eigenvalue weighted by molar-refractivity contribution is 9.13. The lowest BCUT2D eigenvalue weighted by molar-refractivity contribution is 0.702. The maximum Gasteiger partial charge on any atom is 0.0843 e. The molecule has 1 unspecified atom stereocenters. The lowest BCUT2D eigenvalue weighted by Crippen LogP contribution is -2.16. The topological polar surface area (TPSA) is 12.0 Å². The highest BCUT2D eigenvalue weighted by atomic mass is 79.9. The summed E-state index contributed by atoms with van der Waals surface area (Å²) in [6, 6.07) is 9.31. The van der Waals surface area contributed by atoms with Gasteiger partial charge in [0, 0.05) is 9.35 Å². The Balaban J connectivity index is 2.41. The van der Waals surface area contributed by atoms with Crippen molar-refractivity contribution in [2.75, 3.05) is 7.05 Å². The molecule has 1 aromatic carbocycles. The third-order valence-electron chi connectivity index (χ3n) is 3.56. The third-order valence-corrected chi connectivity index (χ3v) is 6.88. The van der Waals surface area contributed by atoms with Gasteiger partial charge in [0.1, 0.15) is 0 Å². The number of nitrogens with one attached hydrogen (secondary N) is 1. The van der Waals surface area contributed by atoms with Crippen LogP contribution in [0.2, 0.25) is 0 Å². The van der Waals surface area contributed by atoms with Crippen molar-refractivity contribution < 1.29 is 0 Å². The van der Waals surface area contributed by atoms with Gasteiger partial charge in [0.15, 0.2) is 0 Å². The molecule has 4 heteroatoms. The number of thiophene rings is 1. The van der Waals surface area contributed by atoms with E-state index < -0.39 is 0 Å².